The first kappa shape index (κ1) is 8.92. The summed E-state index contributed by atoms with van der Waals surface area (Å²) < 4.78 is 10.1. The second-order valence-electron chi connectivity index (χ2n) is 2.02. The highest BCUT2D eigenvalue weighted by molar-refractivity contribution is 7.02. The van der Waals surface area contributed by atoms with E-state index in [0.29, 0.717) is 11.4 Å². The molecule has 1 rings (SSSR count). The molecule has 0 atom stereocenters. The zero-order valence-electron chi connectivity index (χ0n) is 6.85. The van der Waals surface area contributed by atoms with E-state index in [1.54, 1.807) is 24.9 Å². The van der Waals surface area contributed by atoms with Crippen LogP contribution in [0.1, 0.15) is 6.92 Å². The minimum absolute atomic E-state index is 0.338. The third-order valence-electron chi connectivity index (χ3n) is 1.11. The molecule has 12 heavy (non-hydrogen) atoms. The third kappa shape index (κ3) is 2.16. The molecule has 6 heteroatoms. The Balaban J connectivity index is 2.83. The second kappa shape index (κ2) is 4.01. The van der Waals surface area contributed by atoms with E-state index < -0.39 is 6.09 Å². The summed E-state index contributed by atoms with van der Waals surface area (Å²) in [6, 6.07) is 0. The van der Waals surface area contributed by atoms with Gasteiger partial charge < -0.3 is 9.30 Å². The maximum Gasteiger partial charge on any atom is 0.436 e. The number of aryl methyl sites for hydroxylation is 1. The fraction of sp³-hybridized carbons (Fsp3) is 0.500. The Kier molecular flexibility index (Phi) is 2.98. The molecule has 66 valence electrons. The topological polar surface area (TPSA) is 56.5 Å². The molecule has 0 aliphatic heterocycles. The van der Waals surface area contributed by atoms with E-state index in [9.17, 15) is 4.79 Å². The minimum atomic E-state index is -0.572. The molecule has 5 nitrogen and oxygen atoms in total. The number of rotatable bonds is 1. The van der Waals surface area contributed by atoms with Crippen LogP contribution in [0, 0.1) is 0 Å². The van der Waals surface area contributed by atoms with Crippen molar-refractivity contribution in [1.82, 2.24) is 8.94 Å². The lowest BCUT2D eigenvalue weighted by atomic mass is 10.9. The van der Waals surface area contributed by atoms with Crippen LogP contribution in [0.3, 0.4) is 0 Å². The van der Waals surface area contributed by atoms with Crippen molar-refractivity contribution < 1.29 is 9.53 Å². The maximum absolute atomic E-state index is 10.8. The molecular weight excluding hydrogens is 178 g/mol. The summed E-state index contributed by atoms with van der Waals surface area (Å²) in [4.78, 5) is 15.0. The maximum atomic E-state index is 10.8. The van der Waals surface area contributed by atoms with Gasteiger partial charge in [-0.2, -0.15) is 4.37 Å². The lowest BCUT2D eigenvalue weighted by Crippen LogP contribution is -2.13. The van der Waals surface area contributed by atoms with Crippen molar-refractivity contribution in [2.24, 2.45) is 12.0 Å². The summed E-state index contributed by atoms with van der Waals surface area (Å²) in [5, 5.41) is 0. The number of hydrogen-bond acceptors (Lipinski definition) is 4. The fourth-order valence-electron chi connectivity index (χ4n) is 0.588. The molecule has 1 amide bonds. The van der Waals surface area contributed by atoms with Crippen LogP contribution in [0.15, 0.2) is 11.3 Å². The standard InChI is InChI=1S/C6H9N3O2S/c1-3-11-6(10)8-5-9(2)4-7-12-5/h4H,3H2,1-2H3/b8-5-. The quantitative estimate of drug-likeness (QED) is 0.644. The van der Waals surface area contributed by atoms with Crippen LogP contribution in [0.5, 0.6) is 0 Å². The van der Waals surface area contributed by atoms with Crippen molar-refractivity contribution in [1.29, 1.82) is 0 Å². The average Bonchev–Trinajstić information content (AvgIpc) is 2.37. The van der Waals surface area contributed by atoms with Crippen LogP contribution >= 0.6 is 11.5 Å². The number of carbonyl (C=O) groups is 1. The summed E-state index contributed by atoms with van der Waals surface area (Å²) >= 11 is 1.15. The van der Waals surface area contributed by atoms with Gasteiger partial charge in [-0.25, -0.2) is 4.79 Å². The van der Waals surface area contributed by atoms with Gasteiger partial charge in [-0.15, -0.1) is 4.99 Å². The highest BCUT2D eigenvalue weighted by Gasteiger charge is 1.97. The van der Waals surface area contributed by atoms with Gasteiger partial charge in [0.25, 0.3) is 0 Å². The number of nitrogens with zero attached hydrogens (tertiary/aromatic N) is 3. The Morgan fingerprint density at radius 2 is 2.67 bits per heavy atom. The van der Waals surface area contributed by atoms with Gasteiger partial charge in [0.05, 0.1) is 6.61 Å². The van der Waals surface area contributed by atoms with Crippen molar-refractivity contribution in [3.63, 3.8) is 0 Å². The zero-order valence-corrected chi connectivity index (χ0v) is 7.67. The second-order valence-corrected chi connectivity index (χ2v) is 2.77. The highest BCUT2D eigenvalue weighted by Crippen LogP contribution is 1.84. The molecule has 0 bridgehead atoms. The number of amides is 1. The molecule has 0 aliphatic rings. The lowest BCUT2D eigenvalue weighted by molar-refractivity contribution is 0.162. The first-order valence-corrected chi connectivity index (χ1v) is 4.20. The normalized spacial score (nSPS) is 11.7. The summed E-state index contributed by atoms with van der Waals surface area (Å²) in [6.45, 7) is 2.07. The Bertz CT molecular complexity index is 328. The SMILES string of the molecule is CCOC(=O)/N=c1\sncn1C. The van der Waals surface area contributed by atoms with E-state index in [2.05, 4.69) is 14.1 Å². The summed E-state index contributed by atoms with van der Waals surface area (Å²) in [7, 11) is 1.77. The Labute approximate surface area is 73.5 Å². The van der Waals surface area contributed by atoms with Crippen LogP contribution in [0.25, 0.3) is 0 Å². The van der Waals surface area contributed by atoms with Crippen molar-refractivity contribution in [3.05, 3.63) is 11.1 Å². The van der Waals surface area contributed by atoms with Crippen molar-refractivity contribution in [2.45, 2.75) is 6.92 Å². The number of aromatic nitrogens is 2. The van der Waals surface area contributed by atoms with Crippen molar-refractivity contribution in [3.8, 4) is 0 Å². The Morgan fingerprint density at radius 1 is 1.92 bits per heavy atom. The Hall–Kier alpha value is -1.17. The molecule has 0 saturated heterocycles. The molecule has 0 saturated carbocycles. The number of hydrogen-bond donors (Lipinski definition) is 0. The van der Waals surface area contributed by atoms with Gasteiger partial charge in [-0.05, 0) is 6.92 Å². The molecule has 0 aliphatic carbocycles. The smallest absolute Gasteiger partial charge is 0.436 e. The molecule has 0 spiro atoms. The van der Waals surface area contributed by atoms with E-state index in [-0.39, 0.29) is 0 Å². The first-order chi connectivity index (χ1) is 5.74. The monoisotopic (exact) mass is 187 g/mol. The van der Waals surface area contributed by atoms with Gasteiger partial charge in [0, 0.05) is 18.6 Å². The fourth-order valence-corrected chi connectivity index (χ4v) is 1.16. The van der Waals surface area contributed by atoms with Crippen LogP contribution < -0.4 is 4.80 Å². The number of ether oxygens (including phenoxy) is 1. The third-order valence-corrected chi connectivity index (χ3v) is 1.85. The summed E-state index contributed by atoms with van der Waals surface area (Å²) in [5.74, 6) is 0. The van der Waals surface area contributed by atoms with Crippen LogP contribution in [-0.2, 0) is 11.8 Å². The van der Waals surface area contributed by atoms with Gasteiger partial charge in [-0.3, -0.25) is 0 Å². The first-order valence-electron chi connectivity index (χ1n) is 3.43. The lowest BCUT2D eigenvalue weighted by Gasteiger charge is -1.92. The van der Waals surface area contributed by atoms with Gasteiger partial charge in [-0.1, -0.05) is 0 Å². The molecule has 1 heterocycles. The van der Waals surface area contributed by atoms with Crippen LogP contribution in [0.4, 0.5) is 4.79 Å². The van der Waals surface area contributed by atoms with Crippen LogP contribution in [-0.4, -0.2) is 21.6 Å². The van der Waals surface area contributed by atoms with Crippen molar-refractivity contribution in [2.75, 3.05) is 6.61 Å². The molecule has 0 radical (unpaired) electrons. The summed E-state index contributed by atoms with van der Waals surface area (Å²) in [6.07, 6.45) is 1.01. The molecular formula is C6H9N3O2S. The van der Waals surface area contributed by atoms with Crippen LogP contribution in [0.2, 0.25) is 0 Å². The molecule has 1 aromatic rings. The number of carbonyl (C=O) groups excluding carboxylic acids is 1. The van der Waals surface area contributed by atoms with Crippen molar-refractivity contribution >= 4 is 17.6 Å². The largest absolute Gasteiger partial charge is 0.448 e. The molecule has 0 unspecified atom stereocenters. The van der Waals surface area contributed by atoms with Gasteiger partial charge in [0.2, 0.25) is 4.80 Å². The van der Waals surface area contributed by atoms with Gasteiger partial charge in [0.15, 0.2) is 0 Å². The van der Waals surface area contributed by atoms with E-state index in [1.807, 2.05) is 0 Å². The molecule has 1 aromatic heterocycles. The molecule has 0 N–H and O–H groups in total. The molecule has 0 aromatic carbocycles. The Morgan fingerprint density at radius 3 is 3.17 bits per heavy atom. The molecule has 0 fully saturated rings. The van der Waals surface area contributed by atoms with E-state index in [1.165, 1.54) is 0 Å². The predicted molar refractivity (Wildman–Crippen MR) is 43.7 cm³/mol. The predicted octanol–water partition coefficient (Wildman–Crippen LogP) is 0.539. The van der Waals surface area contributed by atoms with Gasteiger partial charge >= 0.3 is 6.09 Å². The van der Waals surface area contributed by atoms with E-state index in [4.69, 9.17) is 0 Å². The van der Waals surface area contributed by atoms with Gasteiger partial charge in [0.1, 0.15) is 6.33 Å². The highest BCUT2D eigenvalue weighted by atomic mass is 32.1. The summed E-state index contributed by atoms with van der Waals surface area (Å²) in [5.41, 5.74) is 0. The van der Waals surface area contributed by atoms with E-state index >= 15 is 0 Å². The zero-order chi connectivity index (χ0) is 8.97. The van der Waals surface area contributed by atoms with E-state index in [0.717, 1.165) is 11.5 Å². The minimum Gasteiger partial charge on any atom is -0.448 e. The average molecular weight is 187 g/mol.